The minimum Gasteiger partial charge on any atom is -0.356 e. The predicted molar refractivity (Wildman–Crippen MR) is 51.5 cm³/mol. The van der Waals surface area contributed by atoms with Crippen LogP contribution in [0.3, 0.4) is 0 Å². The highest BCUT2D eigenvalue weighted by atomic mass is 16.1. The number of unbranched alkanes of at least 4 members (excludes halogenated alkanes) is 1. The summed E-state index contributed by atoms with van der Waals surface area (Å²) in [4.78, 5) is 20.4. The predicted octanol–water partition coefficient (Wildman–Crippen LogP) is 0.0813. The number of hydrogen-bond acceptors (Lipinski definition) is 3. The summed E-state index contributed by atoms with van der Waals surface area (Å²) in [5.41, 5.74) is 0. The Morgan fingerprint density at radius 2 is 1.92 bits per heavy atom. The second-order valence-electron chi connectivity index (χ2n) is 2.90. The van der Waals surface area contributed by atoms with Crippen LogP contribution in [0.25, 0.3) is 0 Å². The van der Waals surface area contributed by atoms with Crippen molar-refractivity contribution in [3.8, 4) is 0 Å². The fraction of sp³-hybridized carbons (Fsp3) is 0.778. The summed E-state index contributed by atoms with van der Waals surface area (Å²) < 4.78 is 0. The van der Waals surface area contributed by atoms with E-state index in [-0.39, 0.29) is 5.91 Å². The van der Waals surface area contributed by atoms with E-state index in [1.165, 1.54) is 6.92 Å². The van der Waals surface area contributed by atoms with Crippen molar-refractivity contribution in [1.82, 2.24) is 10.6 Å². The van der Waals surface area contributed by atoms with Crippen LogP contribution in [0.15, 0.2) is 0 Å². The van der Waals surface area contributed by atoms with Gasteiger partial charge in [0.05, 0.1) is 0 Å². The van der Waals surface area contributed by atoms with Crippen LogP contribution in [0.2, 0.25) is 0 Å². The largest absolute Gasteiger partial charge is 0.356 e. The van der Waals surface area contributed by atoms with Crippen LogP contribution in [0.1, 0.15) is 26.2 Å². The average molecular weight is 186 g/mol. The zero-order valence-corrected chi connectivity index (χ0v) is 8.14. The molecule has 0 aliphatic heterocycles. The van der Waals surface area contributed by atoms with Crippen molar-refractivity contribution in [2.75, 3.05) is 19.6 Å². The van der Waals surface area contributed by atoms with Gasteiger partial charge in [0, 0.05) is 19.9 Å². The summed E-state index contributed by atoms with van der Waals surface area (Å²) in [5, 5.41) is 5.90. The molecule has 0 rings (SSSR count). The maximum absolute atomic E-state index is 10.4. The van der Waals surface area contributed by atoms with Gasteiger partial charge in [-0.3, -0.25) is 4.79 Å². The Hall–Kier alpha value is -0.900. The van der Waals surface area contributed by atoms with Crippen molar-refractivity contribution in [1.29, 1.82) is 0 Å². The molecule has 0 aromatic carbocycles. The summed E-state index contributed by atoms with van der Waals surface area (Å²) in [6, 6.07) is 0. The van der Waals surface area contributed by atoms with E-state index in [1.54, 1.807) is 0 Å². The van der Waals surface area contributed by atoms with Gasteiger partial charge in [-0.05, 0) is 25.9 Å². The van der Waals surface area contributed by atoms with Crippen LogP contribution in [0, 0.1) is 0 Å². The molecule has 0 saturated carbocycles. The van der Waals surface area contributed by atoms with Gasteiger partial charge < -0.3 is 15.4 Å². The zero-order valence-electron chi connectivity index (χ0n) is 8.14. The second-order valence-corrected chi connectivity index (χ2v) is 2.90. The minimum atomic E-state index is 0.0148. The molecule has 76 valence electrons. The van der Waals surface area contributed by atoms with Crippen LogP contribution in [0.5, 0.6) is 0 Å². The Morgan fingerprint density at radius 3 is 2.54 bits per heavy atom. The first-order chi connectivity index (χ1) is 6.27. The first-order valence-corrected chi connectivity index (χ1v) is 4.66. The average Bonchev–Trinajstić information content (AvgIpc) is 2.09. The lowest BCUT2D eigenvalue weighted by Crippen LogP contribution is -2.25. The molecule has 0 fully saturated rings. The molecule has 1 amide bonds. The lowest BCUT2D eigenvalue weighted by molar-refractivity contribution is -0.119. The Labute approximate surface area is 79.1 Å². The van der Waals surface area contributed by atoms with Crippen LogP contribution < -0.4 is 10.6 Å². The number of aldehydes is 1. The molecule has 0 heterocycles. The van der Waals surface area contributed by atoms with Crippen molar-refractivity contribution in [3.63, 3.8) is 0 Å². The Bertz CT molecular complexity index is 149. The number of carbonyl (C=O) groups excluding carboxylic acids is 2. The maximum Gasteiger partial charge on any atom is 0.216 e. The van der Waals surface area contributed by atoms with Crippen molar-refractivity contribution in [3.05, 3.63) is 0 Å². The SMILES string of the molecule is CC(=O)NCCCNCCCC=O. The summed E-state index contributed by atoms with van der Waals surface area (Å²) in [6.07, 6.45) is 3.38. The third-order valence-electron chi connectivity index (χ3n) is 1.58. The first-order valence-electron chi connectivity index (χ1n) is 4.66. The standard InChI is InChI=1S/C9H18N2O2/c1-9(13)11-7-4-6-10-5-2-3-8-12/h8,10H,2-7H2,1H3,(H,11,13). The molecule has 2 N–H and O–H groups in total. The number of hydrogen-bond donors (Lipinski definition) is 2. The molecular formula is C9H18N2O2. The van der Waals surface area contributed by atoms with Crippen LogP contribution in [-0.2, 0) is 9.59 Å². The quantitative estimate of drug-likeness (QED) is 0.417. The minimum absolute atomic E-state index is 0.0148. The molecule has 0 unspecified atom stereocenters. The number of nitrogens with one attached hydrogen (secondary N) is 2. The Balaban J connectivity index is 2.91. The first kappa shape index (κ1) is 12.1. The second kappa shape index (κ2) is 9.19. The van der Waals surface area contributed by atoms with E-state index < -0.39 is 0 Å². The van der Waals surface area contributed by atoms with Crippen LogP contribution >= 0.6 is 0 Å². The van der Waals surface area contributed by atoms with E-state index in [1.807, 2.05) is 0 Å². The molecule has 0 atom stereocenters. The highest BCUT2D eigenvalue weighted by molar-refractivity contribution is 5.72. The third kappa shape index (κ3) is 11.1. The van der Waals surface area contributed by atoms with Crippen molar-refractivity contribution >= 4 is 12.2 Å². The van der Waals surface area contributed by atoms with Gasteiger partial charge in [0.25, 0.3) is 0 Å². The van der Waals surface area contributed by atoms with Gasteiger partial charge in [-0.25, -0.2) is 0 Å². The molecule has 4 heteroatoms. The fourth-order valence-electron chi connectivity index (χ4n) is 0.913. The molecule has 0 bridgehead atoms. The van der Waals surface area contributed by atoms with Crippen LogP contribution in [0.4, 0.5) is 0 Å². The lowest BCUT2D eigenvalue weighted by Gasteiger charge is -2.03. The van der Waals surface area contributed by atoms with Gasteiger partial charge in [0.2, 0.25) is 5.91 Å². The number of carbonyl (C=O) groups is 2. The monoisotopic (exact) mass is 186 g/mol. The maximum atomic E-state index is 10.4. The van der Waals surface area contributed by atoms with Crippen molar-refractivity contribution in [2.24, 2.45) is 0 Å². The van der Waals surface area contributed by atoms with E-state index in [4.69, 9.17) is 0 Å². The lowest BCUT2D eigenvalue weighted by atomic mass is 10.3. The van der Waals surface area contributed by atoms with Gasteiger partial charge >= 0.3 is 0 Å². The van der Waals surface area contributed by atoms with Gasteiger partial charge in [-0.2, -0.15) is 0 Å². The molecule has 0 aromatic heterocycles. The highest BCUT2D eigenvalue weighted by Gasteiger charge is 1.90. The smallest absolute Gasteiger partial charge is 0.216 e. The Morgan fingerprint density at radius 1 is 1.23 bits per heavy atom. The van der Waals surface area contributed by atoms with E-state index in [2.05, 4.69) is 10.6 Å². The molecule has 4 nitrogen and oxygen atoms in total. The normalized spacial score (nSPS) is 9.62. The fourth-order valence-corrected chi connectivity index (χ4v) is 0.913. The molecule has 0 saturated heterocycles. The number of rotatable bonds is 8. The van der Waals surface area contributed by atoms with Crippen LogP contribution in [-0.4, -0.2) is 31.8 Å². The van der Waals surface area contributed by atoms with Gasteiger partial charge in [-0.15, -0.1) is 0 Å². The van der Waals surface area contributed by atoms with E-state index in [0.717, 1.165) is 38.8 Å². The molecule has 0 radical (unpaired) electrons. The molecule has 0 spiro atoms. The summed E-state index contributed by atoms with van der Waals surface area (Å²) >= 11 is 0. The van der Waals surface area contributed by atoms with Gasteiger partial charge in [0.1, 0.15) is 6.29 Å². The van der Waals surface area contributed by atoms with Crippen molar-refractivity contribution < 1.29 is 9.59 Å². The van der Waals surface area contributed by atoms with Crippen molar-refractivity contribution in [2.45, 2.75) is 26.2 Å². The molecule has 13 heavy (non-hydrogen) atoms. The molecule has 0 aromatic rings. The summed E-state index contributed by atoms with van der Waals surface area (Å²) in [5.74, 6) is 0.0148. The van der Waals surface area contributed by atoms with Gasteiger partial charge in [-0.1, -0.05) is 0 Å². The summed E-state index contributed by atoms with van der Waals surface area (Å²) in [7, 11) is 0. The highest BCUT2D eigenvalue weighted by Crippen LogP contribution is 1.81. The van der Waals surface area contributed by atoms with Gasteiger partial charge in [0.15, 0.2) is 0 Å². The zero-order chi connectivity index (χ0) is 9.94. The van der Waals surface area contributed by atoms with E-state index >= 15 is 0 Å². The Kier molecular flexibility index (Phi) is 8.55. The molecule has 0 aliphatic carbocycles. The topological polar surface area (TPSA) is 58.2 Å². The van der Waals surface area contributed by atoms with E-state index in [0.29, 0.717) is 6.42 Å². The molecule has 0 aliphatic rings. The molecular weight excluding hydrogens is 168 g/mol. The third-order valence-corrected chi connectivity index (χ3v) is 1.58. The summed E-state index contributed by atoms with van der Waals surface area (Å²) in [6.45, 7) is 3.99. The van der Waals surface area contributed by atoms with E-state index in [9.17, 15) is 9.59 Å². The number of amides is 1.